The Kier molecular flexibility index (Phi) is 3.04. The molecule has 1 saturated heterocycles. The molecule has 0 N–H and O–H groups in total. The van der Waals surface area contributed by atoms with Crippen LogP contribution < -0.4 is 0 Å². The highest BCUT2D eigenvalue weighted by Gasteiger charge is 2.34. The molecule has 3 heteroatoms. The van der Waals surface area contributed by atoms with Crippen molar-refractivity contribution in [1.29, 1.82) is 0 Å². The van der Waals surface area contributed by atoms with Gasteiger partial charge in [-0.15, -0.1) is 0 Å². The molecule has 0 bridgehead atoms. The van der Waals surface area contributed by atoms with E-state index in [1.165, 1.54) is 32.1 Å². The lowest BCUT2D eigenvalue weighted by molar-refractivity contribution is -0.117. The molecule has 13 heavy (non-hydrogen) atoms. The van der Waals surface area contributed by atoms with E-state index in [1.807, 2.05) is 0 Å². The van der Waals surface area contributed by atoms with Crippen molar-refractivity contribution in [3.63, 3.8) is 0 Å². The predicted octanol–water partition coefficient (Wildman–Crippen LogP) is 1.95. The molecule has 0 aromatic heterocycles. The van der Waals surface area contributed by atoms with Crippen LogP contribution in [0.2, 0.25) is 12.1 Å². The Morgan fingerprint density at radius 3 is 2.69 bits per heavy atom. The second-order valence-corrected chi connectivity index (χ2v) is 4.31. The summed E-state index contributed by atoms with van der Waals surface area (Å²) in [6, 6.07) is 0. The van der Waals surface area contributed by atoms with Gasteiger partial charge in [0, 0.05) is 6.61 Å². The van der Waals surface area contributed by atoms with Gasteiger partial charge in [-0.3, -0.25) is 0 Å². The van der Waals surface area contributed by atoms with Crippen molar-refractivity contribution >= 4 is 12.4 Å². The van der Waals surface area contributed by atoms with E-state index < -0.39 is 0 Å². The van der Waals surface area contributed by atoms with E-state index in [4.69, 9.17) is 4.74 Å². The maximum absolute atomic E-state index is 11.6. The van der Waals surface area contributed by atoms with Gasteiger partial charge in [0.15, 0.2) is 0 Å². The quantitative estimate of drug-likeness (QED) is 0.576. The standard InChI is InChI=1S/C10H17BO2/c12-10-8-13-7-6-11(10)9-4-2-1-3-5-9/h9H,1-8H2. The molecule has 0 aromatic carbocycles. The average molecular weight is 180 g/mol. The van der Waals surface area contributed by atoms with Gasteiger partial charge in [-0.25, -0.2) is 0 Å². The van der Waals surface area contributed by atoms with Crippen molar-refractivity contribution in [3.8, 4) is 0 Å². The molecular formula is C10H17BO2. The van der Waals surface area contributed by atoms with Crippen molar-refractivity contribution in [2.45, 2.75) is 44.2 Å². The zero-order chi connectivity index (χ0) is 9.10. The molecule has 0 spiro atoms. The summed E-state index contributed by atoms with van der Waals surface area (Å²) in [4.78, 5) is 11.6. The minimum absolute atomic E-state index is 0.342. The van der Waals surface area contributed by atoms with Crippen LogP contribution in [0.15, 0.2) is 0 Å². The van der Waals surface area contributed by atoms with Crippen LogP contribution in [-0.2, 0) is 9.53 Å². The maximum atomic E-state index is 11.6. The first-order chi connectivity index (χ1) is 6.38. The Bertz CT molecular complexity index is 187. The largest absolute Gasteiger partial charge is 0.375 e. The molecule has 0 radical (unpaired) electrons. The van der Waals surface area contributed by atoms with E-state index in [2.05, 4.69) is 0 Å². The summed E-state index contributed by atoms with van der Waals surface area (Å²) >= 11 is 0. The second kappa shape index (κ2) is 4.27. The van der Waals surface area contributed by atoms with Gasteiger partial charge >= 0.3 is 0 Å². The van der Waals surface area contributed by atoms with Crippen molar-refractivity contribution < 1.29 is 9.53 Å². The third-order valence-electron chi connectivity index (χ3n) is 3.45. The number of hydrogen-bond acceptors (Lipinski definition) is 2. The molecule has 2 aliphatic rings. The van der Waals surface area contributed by atoms with E-state index in [0.29, 0.717) is 24.8 Å². The molecule has 1 aliphatic carbocycles. The minimum Gasteiger partial charge on any atom is -0.375 e. The Morgan fingerprint density at radius 1 is 1.23 bits per heavy atom. The number of rotatable bonds is 1. The summed E-state index contributed by atoms with van der Waals surface area (Å²) in [5.74, 6) is 0.685. The number of carbonyl (C=O) groups is 1. The van der Waals surface area contributed by atoms with Crippen LogP contribution in [0, 0.1) is 0 Å². The molecule has 2 rings (SSSR count). The van der Waals surface area contributed by atoms with E-state index >= 15 is 0 Å². The lowest BCUT2D eigenvalue weighted by Gasteiger charge is -2.29. The lowest BCUT2D eigenvalue weighted by Crippen LogP contribution is -2.40. The van der Waals surface area contributed by atoms with Gasteiger partial charge in [-0.05, 0) is 6.32 Å². The smallest absolute Gasteiger partial charge is 0.232 e. The van der Waals surface area contributed by atoms with Crippen LogP contribution in [0.25, 0.3) is 0 Å². The summed E-state index contributed by atoms with van der Waals surface area (Å²) in [5, 5.41) is 0. The number of hydrogen-bond donors (Lipinski definition) is 0. The second-order valence-electron chi connectivity index (χ2n) is 4.31. The molecule has 1 saturated carbocycles. The summed E-state index contributed by atoms with van der Waals surface area (Å²) < 4.78 is 5.15. The van der Waals surface area contributed by atoms with Crippen LogP contribution in [0.1, 0.15) is 32.1 Å². The highest BCUT2D eigenvalue weighted by molar-refractivity contribution is 6.91. The van der Waals surface area contributed by atoms with Crippen LogP contribution in [0.3, 0.4) is 0 Å². The first-order valence-electron chi connectivity index (χ1n) is 5.48. The van der Waals surface area contributed by atoms with Gasteiger partial charge in [-0.2, -0.15) is 0 Å². The maximum Gasteiger partial charge on any atom is 0.232 e. The third-order valence-corrected chi connectivity index (χ3v) is 3.45. The minimum atomic E-state index is 0.342. The van der Waals surface area contributed by atoms with Crippen LogP contribution >= 0.6 is 0 Å². The van der Waals surface area contributed by atoms with E-state index in [9.17, 15) is 4.79 Å². The van der Waals surface area contributed by atoms with Crippen molar-refractivity contribution in [2.75, 3.05) is 13.2 Å². The van der Waals surface area contributed by atoms with Crippen molar-refractivity contribution in [1.82, 2.24) is 0 Å². The highest BCUT2D eigenvalue weighted by atomic mass is 16.5. The van der Waals surface area contributed by atoms with Gasteiger partial charge in [-0.1, -0.05) is 37.9 Å². The fourth-order valence-electron chi connectivity index (χ4n) is 2.69. The Labute approximate surface area is 80.1 Å². The van der Waals surface area contributed by atoms with E-state index in [-0.39, 0.29) is 0 Å². The van der Waals surface area contributed by atoms with Gasteiger partial charge in [0.1, 0.15) is 5.68 Å². The molecule has 0 atom stereocenters. The highest BCUT2D eigenvalue weighted by Crippen LogP contribution is 2.33. The Morgan fingerprint density at radius 2 is 2.00 bits per heavy atom. The van der Waals surface area contributed by atoms with Crippen LogP contribution in [-0.4, -0.2) is 25.6 Å². The van der Waals surface area contributed by atoms with Crippen LogP contribution in [0.4, 0.5) is 0 Å². The summed E-state index contributed by atoms with van der Waals surface area (Å²) in [7, 11) is 0. The fraction of sp³-hybridized carbons (Fsp3) is 0.900. The Balaban J connectivity index is 1.92. The average Bonchev–Trinajstić information content (AvgIpc) is 2.20. The molecule has 2 nitrogen and oxygen atoms in total. The summed E-state index contributed by atoms with van der Waals surface area (Å²) in [6.07, 6.45) is 7.55. The molecule has 0 amide bonds. The summed E-state index contributed by atoms with van der Waals surface area (Å²) in [5.41, 5.74) is 0.359. The van der Waals surface area contributed by atoms with E-state index in [0.717, 1.165) is 12.9 Å². The molecule has 72 valence electrons. The topological polar surface area (TPSA) is 26.3 Å². The molecule has 2 fully saturated rings. The van der Waals surface area contributed by atoms with Gasteiger partial charge < -0.3 is 9.53 Å². The zero-order valence-corrected chi connectivity index (χ0v) is 8.13. The third kappa shape index (κ3) is 2.13. The number of ether oxygens (including phenoxy) is 1. The monoisotopic (exact) mass is 180 g/mol. The van der Waals surface area contributed by atoms with Gasteiger partial charge in [0.2, 0.25) is 6.71 Å². The zero-order valence-electron chi connectivity index (χ0n) is 8.13. The predicted molar refractivity (Wildman–Crippen MR) is 53.2 cm³/mol. The normalized spacial score (nSPS) is 26.5. The molecule has 0 aromatic rings. The fourth-order valence-corrected chi connectivity index (χ4v) is 2.69. The first kappa shape index (κ1) is 9.26. The van der Waals surface area contributed by atoms with Crippen LogP contribution in [0.5, 0.6) is 0 Å². The SMILES string of the molecule is O=C1COCCB1C1CCCCC1. The molecule has 1 aliphatic heterocycles. The Hall–Kier alpha value is -0.305. The molecular weight excluding hydrogens is 163 g/mol. The number of carbonyl (C=O) groups excluding carboxylic acids is 1. The van der Waals surface area contributed by atoms with Gasteiger partial charge in [0.25, 0.3) is 0 Å². The van der Waals surface area contributed by atoms with E-state index in [1.54, 1.807) is 0 Å². The molecule has 1 heterocycles. The lowest BCUT2D eigenvalue weighted by atomic mass is 9.34. The summed E-state index contributed by atoms with van der Waals surface area (Å²) in [6.45, 7) is 1.52. The van der Waals surface area contributed by atoms with Crippen molar-refractivity contribution in [3.05, 3.63) is 0 Å². The molecule has 0 unspecified atom stereocenters. The first-order valence-corrected chi connectivity index (χ1v) is 5.48. The van der Waals surface area contributed by atoms with Gasteiger partial charge in [0.05, 0.1) is 6.61 Å². The van der Waals surface area contributed by atoms with Crippen molar-refractivity contribution in [2.24, 2.45) is 0 Å².